The van der Waals surface area contributed by atoms with E-state index in [-0.39, 0.29) is 18.7 Å². The Morgan fingerprint density at radius 3 is 2.53 bits per heavy atom. The first kappa shape index (κ1) is 21.4. The Kier molecular flexibility index (Phi) is 7.45. The minimum atomic E-state index is -0.372. The number of benzene rings is 2. The van der Waals surface area contributed by atoms with Crippen molar-refractivity contribution in [1.82, 2.24) is 4.90 Å². The number of hydrogen-bond donors (Lipinski definition) is 1. The van der Waals surface area contributed by atoms with E-state index in [1.54, 1.807) is 36.4 Å². The van der Waals surface area contributed by atoms with E-state index in [0.29, 0.717) is 35.9 Å². The van der Waals surface area contributed by atoms with Crippen molar-refractivity contribution in [2.24, 2.45) is 0 Å². The Bertz CT molecular complexity index is 904. The topological polar surface area (TPSA) is 77.1 Å². The van der Waals surface area contributed by atoms with E-state index >= 15 is 0 Å². The third-order valence-electron chi connectivity index (χ3n) is 4.75. The van der Waals surface area contributed by atoms with Crippen molar-refractivity contribution >= 4 is 23.6 Å². The molecule has 0 fully saturated rings. The number of rotatable bonds is 9. The summed E-state index contributed by atoms with van der Waals surface area (Å²) >= 11 is 0. The quantitative estimate of drug-likeness (QED) is 0.503. The summed E-state index contributed by atoms with van der Waals surface area (Å²) in [6, 6.07) is 12.1. The third kappa shape index (κ3) is 5.84. The van der Waals surface area contributed by atoms with Gasteiger partial charge in [0.1, 0.15) is 6.61 Å². The van der Waals surface area contributed by atoms with Crippen LogP contribution in [0.2, 0.25) is 0 Å². The maximum atomic E-state index is 12.2. The lowest BCUT2D eigenvalue weighted by Gasteiger charge is -2.17. The van der Waals surface area contributed by atoms with Crippen molar-refractivity contribution in [2.45, 2.75) is 13.8 Å². The number of anilines is 1. The first-order valence-electron chi connectivity index (χ1n) is 9.97. The fourth-order valence-corrected chi connectivity index (χ4v) is 2.95. The average Bonchev–Trinajstić information content (AvgIpc) is 3.23. The van der Waals surface area contributed by atoms with E-state index in [2.05, 4.69) is 24.1 Å². The standard InChI is InChI=1S/C23H26N2O5/c1-3-25(4-2)13-14-28-23(27)18-7-9-19(10-8-18)24-22(26)12-6-17-5-11-20-21(15-17)30-16-29-20/h5-12,15H,3-4,13-14,16H2,1-2H3,(H,24,26). The lowest BCUT2D eigenvalue weighted by Crippen LogP contribution is -2.27. The molecule has 0 saturated heterocycles. The van der Waals surface area contributed by atoms with Crippen LogP contribution < -0.4 is 14.8 Å². The van der Waals surface area contributed by atoms with Crippen molar-refractivity contribution in [1.29, 1.82) is 0 Å². The Labute approximate surface area is 176 Å². The molecule has 0 saturated carbocycles. The average molecular weight is 410 g/mol. The van der Waals surface area contributed by atoms with Gasteiger partial charge in [-0.1, -0.05) is 19.9 Å². The van der Waals surface area contributed by atoms with Crippen LogP contribution in [0.4, 0.5) is 5.69 Å². The Morgan fingerprint density at radius 1 is 1.07 bits per heavy atom. The lowest BCUT2D eigenvalue weighted by atomic mass is 10.2. The van der Waals surface area contributed by atoms with Crippen molar-refractivity contribution in [3.05, 3.63) is 59.7 Å². The molecular formula is C23H26N2O5. The Hall–Kier alpha value is -3.32. The van der Waals surface area contributed by atoms with Crippen LogP contribution in [0.1, 0.15) is 29.8 Å². The molecule has 7 nitrogen and oxygen atoms in total. The summed E-state index contributed by atoms with van der Waals surface area (Å²) < 4.78 is 15.9. The number of carbonyl (C=O) groups is 2. The first-order chi connectivity index (χ1) is 14.6. The molecule has 1 N–H and O–H groups in total. The number of carbonyl (C=O) groups excluding carboxylic acids is 2. The van der Waals surface area contributed by atoms with E-state index in [1.165, 1.54) is 6.08 Å². The Balaban J connectivity index is 1.48. The molecule has 0 bridgehead atoms. The highest BCUT2D eigenvalue weighted by atomic mass is 16.7. The number of nitrogens with zero attached hydrogens (tertiary/aromatic N) is 1. The number of likely N-dealkylation sites (N-methyl/N-ethyl adjacent to an activating group) is 1. The highest BCUT2D eigenvalue weighted by molar-refractivity contribution is 6.02. The van der Waals surface area contributed by atoms with Crippen LogP contribution in [-0.2, 0) is 9.53 Å². The summed E-state index contributed by atoms with van der Waals surface area (Å²) in [5.74, 6) is 0.713. The molecule has 7 heteroatoms. The zero-order valence-electron chi connectivity index (χ0n) is 17.2. The number of esters is 1. The number of amides is 1. The number of hydrogen-bond acceptors (Lipinski definition) is 6. The van der Waals surface area contributed by atoms with Gasteiger partial charge in [0.2, 0.25) is 12.7 Å². The summed E-state index contributed by atoms with van der Waals surface area (Å²) in [6.45, 7) is 7.26. The monoisotopic (exact) mass is 410 g/mol. The van der Waals surface area contributed by atoms with Crippen molar-refractivity contribution in [3.63, 3.8) is 0 Å². The predicted octanol–water partition coefficient (Wildman–Crippen LogP) is 3.57. The van der Waals surface area contributed by atoms with Crippen molar-refractivity contribution < 1.29 is 23.8 Å². The Morgan fingerprint density at radius 2 is 1.80 bits per heavy atom. The third-order valence-corrected chi connectivity index (χ3v) is 4.75. The molecular weight excluding hydrogens is 384 g/mol. The zero-order chi connectivity index (χ0) is 21.3. The summed E-state index contributed by atoms with van der Waals surface area (Å²) in [6.07, 6.45) is 3.13. The van der Waals surface area contributed by atoms with Gasteiger partial charge in [0.15, 0.2) is 11.5 Å². The lowest BCUT2D eigenvalue weighted by molar-refractivity contribution is -0.111. The van der Waals surface area contributed by atoms with Crippen LogP contribution in [0.15, 0.2) is 48.5 Å². The van der Waals surface area contributed by atoms with Gasteiger partial charge in [-0.15, -0.1) is 0 Å². The summed E-state index contributed by atoms with van der Waals surface area (Å²) in [5.41, 5.74) is 1.87. The molecule has 158 valence electrons. The van der Waals surface area contributed by atoms with Gasteiger partial charge in [-0.05, 0) is 61.1 Å². The SMILES string of the molecule is CCN(CC)CCOC(=O)c1ccc(NC(=O)C=Cc2ccc3c(c2)OCO3)cc1. The molecule has 0 atom stereocenters. The van der Waals surface area contributed by atoms with E-state index in [4.69, 9.17) is 14.2 Å². The molecule has 1 aliphatic rings. The molecule has 3 rings (SSSR count). The van der Waals surface area contributed by atoms with Gasteiger partial charge in [0.05, 0.1) is 5.56 Å². The van der Waals surface area contributed by atoms with Crippen molar-refractivity contribution in [2.75, 3.05) is 38.4 Å². The maximum absolute atomic E-state index is 12.2. The maximum Gasteiger partial charge on any atom is 0.338 e. The molecule has 2 aromatic carbocycles. The predicted molar refractivity (Wildman–Crippen MR) is 115 cm³/mol. The fraction of sp³-hybridized carbons (Fsp3) is 0.304. The summed E-state index contributed by atoms with van der Waals surface area (Å²) in [5, 5.41) is 2.76. The zero-order valence-corrected chi connectivity index (χ0v) is 17.2. The van der Waals surface area contributed by atoms with E-state index in [1.807, 2.05) is 12.1 Å². The number of fused-ring (bicyclic) bond motifs is 1. The van der Waals surface area contributed by atoms with Gasteiger partial charge in [-0.2, -0.15) is 0 Å². The highest BCUT2D eigenvalue weighted by Crippen LogP contribution is 2.32. The second-order valence-corrected chi connectivity index (χ2v) is 6.68. The second kappa shape index (κ2) is 10.5. The van der Waals surface area contributed by atoms with Crippen LogP contribution in [0.5, 0.6) is 11.5 Å². The minimum absolute atomic E-state index is 0.211. The molecule has 1 aliphatic heterocycles. The second-order valence-electron chi connectivity index (χ2n) is 6.68. The smallest absolute Gasteiger partial charge is 0.338 e. The molecule has 0 aromatic heterocycles. The molecule has 2 aromatic rings. The van der Waals surface area contributed by atoms with Gasteiger partial charge in [-0.3, -0.25) is 4.79 Å². The van der Waals surface area contributed by atoms with Gasteiger partial charge >= 0.3 is 5.97 Å². The molecule has 30 heavy (non-hydrogen) atoms. The van der Waals surface area contributed by atoms with Crippen LogP contribution in [0.3, 0.4) is 0 Å². The van der Waals surface area contributed by atoms with Crippen LogP contribution in [0.25, 0.3) is 6.08 Å². The van der Waals surface area contributed by atoms with Gasteiger partial charge in [0.25, 0.3) is 0 Å². The van der Waals surface area contributed by atoms with E-state index in [9.17, 15) is 9.59 Å². The summed E-state index contributed by atoms with van der Waals surface area (Å²) in [7, 11) is 0. The molecule has 1 amide bonds. The van der Waals surface area contributed by atoms with E-state index in [0.717, 1.165) is 18.7 Å². The van der Waals surface area contributed by atoms with Crippen LogP contribution in [0, 0.1) is 0 Å². The first-order valence-corrected chi connectivity index (χ1v) is 9.97. The largest absolute Gasteiger partial charge is 0.461 e. The molecule has 0 spiro atoms. The fourth-order valence-electron chi connectivity index (χ4n) is 2.95. The molecule has 0 aliphatic carbocycles. The minimum Gasteiger partial charge on any atom is -0.461 e. The number of ether oxygens (including phenoxy) is 3. The number of nitrogens with one attached hydrogen (secondary N) is 1. The van der Waals surface area contributed by atoms with Gasteiger partial charge in [0, 0.05) is 18.3 Å². The highest BCUT2D eigenvalue weighted by Gasteiger charge is 2.12. The molecule has 0 unspecified atom stereocenters. The van der Waals surface area contributed by atoms with E-state index < -0.39 is 0 Å². The molecule has 0 radical (unpaired) electrons. The van der Waals surface area contributed by atoms with Gasteiger partial charge < -0.3 is 24.4 Å². The van der Waals surface area contributed by atoms with Crippen molar-refractivity contribution in [3.8, 4) is 11.5 Å². The molecule has 1 heterocycles. The van der Waals surface area contributed by atoms with Crippen LogP contribution >= 0.6 is 0 Å². The summed E-state index contributed by atoms with van der Waals surface area (Å²) in [4.78, 5) is 26.5. The normalized spacial score (nSPS) is 12.4. The van der Waals surface area contributed by atoms with Gasteiger partial charge in [-0.25, -0.2) is 4.79 Å². The van der Waals surface area contributed by atoms with Crippen LogP contribution in [-0.4, -0.2) is 49.8 Å².